The second-order valence-corrected chi connectivity index (χ2v) is 6.61. The lowest BCUT2D eigenvalue weighted by Gasteiger charge is -2.28. The van der Waals surface area contributed by atoms with Crippen molar-refractivity contribution in [1.29, 1.82) is 0 Å². The summed E-state index contributed by atoms with van der Waals surface area (Å²) in [6, 6.07) is 0.146. The van der Waals surface area contributed by atoms with Crippen molar-refractivity contribution in [2.75, 3.05) is 20.2 Å². The van der Waals surface area contributed by atoms with E-state index in [9.17, 15) is 4.79 Å². The van der Waals surface area contributed by atoms with Gasteiger partial charge in [0.15, 0.2) is 0 Å². The van der Waals surface area contributed by atoms with Crippen molar-refractivity contribution in [3.63, 3.8) is 0 Å². The summed E-state index contributed by atoms with van der Waals surface area (Å²) in [5, 5.41) is 3.33. The minimum absolute atomic E-state index is 0.146. The maximum atomic E-state index is 12.2. The summed E-state index contributed by atoms with van der Waals surface area (Å²) in [6.07, 6.45) is 4.98. The van der Waals surface area contributed by atoms with E-state index in [1.165, 1.54) is 0 Å². The molecule has 7 heteroatoms. The highest BCUT2D eigenvalue weighted by Crippen LogP contribution is 2.20. The van der Waals surface area contributed by atoms with Crippen LogP contribution in [0.25, 0.3) is 0 Å². The van der Waals surface area contributed by atoms with Crippen LogP contribution in [0.2, 0.25) is 0 Å². The predicted octanol–water partition coefficient (Wildman–Crippen LogP) is 1.97. The number of nitrogens with one attached hydrogen (secondary N) is 1. The summed E-state index contributed by atoms with van der Waals surface area (Å²) in [5.74, 6) is 0.524. The molecule has 1 aliphatic heterocycles. The Balaban J connectivity index is 1.86. The van der Waals surface area contributed by atoms with Crippen molar-refractivity contribution in [2.45, 2.75) is 51.8 Å². The van der Waals surface area contributed by atoms with E-state index in [0.717, 1.165) is 25.1 Å². The van der Waals surface area contributed by atoms with Crippen molar-refractivity contribution >= 4 is 6.09 Å². The van der Waals surface area contributed by atoms with Gasteiger partial charge in [-0.3, -0.25) is 4.98 Å². The first-order valence-electron chi connectivity index (χ1n) is 7.95. The van der Waals surface area contributed by atoms with Crippen molar-refractivity contribution in [3.05, 3.63) is 18.1 Å². The van der Waals surface area contributed by atoms with Crippen molar-refractivity contribution in [3.8, 4) is 5.88 Å². The second-order valence-electron chi connectivity index (χ2n) is 6.61. The molecular formula is C16H26N4O3. The average molecular weight is 322 g/mol. The molecule has 23 heavy (non-hydrogen) atoms. The molecule has 2 rings (SSSR count). The van der Waals surface area contributed by atoms with Crippen LogP contribution >= 0.6 is 0 Å². The van der Waals surface area contributed by atoms with Crippen molar-refractivity contribution in [1.82, 2.24) is 20.2 Å². The number of amides is 1. The normalized spacial score (nSPS) is 18.1. The summed E-state index contributed by atoms with van der Waals surface area (Å²) in [5.41, 5.74) is 0.293. The molecule has 0 radical (unpaired) electrons. The van der Waals surface area contributed by atoms with Crippen LogP contribution in [-0.2, 0) is 11.3 Å². The van der Waals surface area contributed by atoms with Gasteiger partial charge < -0.3 is 19.7 Å². The number of hydrogen-bond acceptors (Lipinski definition) is 6. The highest BCUT2D eigenvalue weighted by Gasteiger charge is 2.31. The molecule has 1 amide bonds. The first kappa shape index (κ1) is 17.5. The van der Waals surface area contributed by atoms with Crippen LogP contribution in [0, 0.1) is 0 Å². The molecular weight excluding hydrogens is 296 g/mol. The Bertz CT molecular complexity index is 530. The first-order chi connectivity index (χ1) is 10.9. The molecule has 1 saturated heterocycles. The van der Waals surface area contributed by atoms with E-state index in [2.05, 4.69) is 15.3 Å². The fourth-order valence-corrected chi connectivity index (χ4v) is 2.61. The maximum Gasteiger partial charge on any atom is 0.410 e. The number of rotatable bonds is 5. The molecule has 1 N–H and O–H groups in total. The molecule has 7 nitrogen and oxygen atoms in total. The van der Waals surface area contributed by atoms with Gasteiger partial charge in [0, 0.05) is 38.1 Å². The van der Waals surface area contributed by atoms with Crippen molar-refractivity contribution < 1.29 is 14.3 Å². The van der Waals surface area contributed by atoms with E-state index in [1.54, 1.807) is 19.5 Å². The standard InChI is InChI=1S/C16H26N4O3/c1-16(2,3)23-15(21)20-9-5-6-12(20)10-17-11-13-14(22-4)19-8-7-18-13/h7-8,12,17H,5-6,9-11H2,1-4H3/t12-/m0/s1. The Morgan fingerprint density at radius 1 is 1.39 bits per heavy atom. The lowest BCUT2D eigenvalue weighted by atomic mass is 10.2. The molecule has 1 fully saturated rings. The zero-order chi connectivity index (χ0) is 16.9. The number of carbonyl (C=O) groups excluding carboxylic acids is 1. The van der Waals surface area contributed by atoms with E-state index in [1.807, 2.05) is 25.7 Å². The molecule has 1 atom stereocenters. The van der Waals surface area contributed by atoms with Gasteiger partial charge in [0.25, 0.3) is 0 Å². The minimum Gasteiger partial charge on any atom is -0.480 e. The molecule has 0 aliphatic carbocycles. The number of likely N-dealkylation sites (tertiary alicyclic amines) is 1. The highest BCUT2D eigenvalue weighted by molar-refractivity contribution is 5.69. The molecule has 1 aliphatic rings. The highest BCUT2D eigenvalue weighted by atomic mass is 16.6. The van der Waals surface area contributed by atoms with Gasteiger partial charge in [0.05, 0.1) is 7.11 Å². The molecule has 2 heterocycles. The number of hydrogen-bond donors (Lipinski definition) is 1. The van der Waals surface area contributed by atoms with Gasteiger partial charge in [-0.05, 0) is 33.6 Å². The molecule has 0 bridgehead atoms. The van der Waals surface area contributed by atoms with E-state index >= 15 is 0 Å². The van der Waals surface area contributed by atoms with Crippen molar-refractivity contribution in [2.24, 2.45) is 0 Å². The summed E-state index contributed by atoms with van der Waals surface area (Å²) in [7, 11) is 1.58. The van der Waals surface area contributed by atoms with Gasteiger partial charge in [-0.25, -0.2) is 9.78 Å². The smallest absolute Gasteiger partial charge is 0.410 e. The summed E-state index contributed by atoms with van der Waals surface area (Å²) in [4.78, 5) is 22.4. The molecule has 0 spiro atoms. The monoisotopic (exact) mass is 322 g/mol. The molecule has 1 aromatic rings. The molecule has 0 aromatic carbocycles. The van der Waals surface area contributed by atoms with Crippen LogP contribution in [0.3, 0.4) is 0 Å². The quantitative estimate of drug-likeness (QED) is 0.893. The third-order valence-electron chi connectivity index (χ3n) is 3.61. The lowest BCUT2D eigenvalue weighted by Crippen LogP contribution is -2.44. The van der Waals surface area contributed by atoms with Crippen LogP contribution < -0.4 is 10.1 Å². The van der Waals surface area contributed by atoms with E-state index in [-0.39, 0.29) is 12.1 Å². The number of nitrogens with zero attached hydrogens (tertiary/aromatic N) is 3. The minimum atomic E-state index is -0.468. The van der Waals surface area contributed by atoms with Crippen LogP contribution in [0.1, 0.15) is 39.3 Å². The number of aromatic nitrogens is 2. The Morgan fingerprint density at radius 2 is 2.13 bits per heavy atom. The topological polar surface area (TPSA) is 76.6 Å². The van der Waals surface area contributed by atoms with Crippen LogP contribution in [0.15, 0.2) is 12.4 Å². The predicted molar refractivity (Wildman–Crippen MR) is 86.3 cm³/mol. The number of ether oxygens (including phenoxy) is 2. The number of carbonyl (C=O) groups is 1. The Labute approximate surface area is 137 Å². The summed E-state index contributed by atoms with van der Waals surface area (Å²) >= 11 is 0. The summed E-state index contributed by atoms with van der Waals surface area (Å²) in [6.45, 7) is 7.64. The molecule has 0 saturated carbocycles. The summed E-state index contributed by atoms with van der Waals surface area (Å²) < 4.78 is 10.7. The molecule has 0 unspecified atom stereocenters. The Kier molecular flexibility index (Phi) is 5.76. The third kappa shape index (κ3) is 5.06. The Hall–Kier alpha value is -1.89. The maximum absolute atomic E-state index is 12.2. The average Bonchev–Trinajstić information content (AvgIpc) is 2.94. The largest absolute Gasteiger partial charge is 0.480 e. The zero-order valence-corrected chi connectivity index (χ0v) is 14.3. The fraction of sp³-hybridized carbons (Fsp3) is 0.688. The Morgan fingerprint density at radius 3 is 2.83 bits per heavy atom. The van der Waals surface area contributed by atoms with Gasteiger partial charge in [0.1, 0.15) is 11.3 Å². The third-order valence-corrected chi connectivity index (χ3v) is 3.61. The first-order valence-corrected chi connectivity index (χ1v) is 7.95. The van der Waals surface area contributed by atoms with Gasteiger partial charge in [-0.2, -0.15) is 0 Å². The van der Waals surface area contributed by atoms with Crippen LogP contribution in [0.4, 0.5) is 4.79 Å². The molecule has 128 valence electrons. The lowest BCUT2D eigenvalue weighted by molar-refractivity contribution is 0.0226. The van der Waals surface area contributed by atoms with E-state index in [4.69, 9.17) is 9.47 Å². The number of methoxy groups -OCH3 is 1. The fourth-order valence-electron chi connectivity index (χ4n) is 2.61. The van der Waals surface area contributed by atoms with E-state index in [0.29, 0.717) is 19.0 Å². The second kappa shape index (κ2) is 7.59. The van der Waals surface area contributed by atoms with Gasteiger partial charge >= 0.3 is 6.09 Å². The van der Waals surface area contributed by atoms with Gasteiger partial charge in [-0.15, -0.1) is 0 Å². The van der Waals surface area contributed by atoms with Gasteiger partial charge in [-0.1, -0.05) is 0 Å². The van der Waals surface area contributed by atoms with E-state index < -0.39 is 5.60 Å². The SMILES string of the molecule is COc1nccnc1CNC[C@@H]1CCCN1C(=O)OC(C)(C)C. The van der Waals surface area contributed by atoms with Crippen LogP contribution in [-0.4, -0.2) is 52.8 Å². The van der Waals surface area contributed by atoms with Gasteiger partial charge in [0.2, 0.25) is 5.88 Å². The van der Waals surface area contributed by atoms with Crippen LogP contribution in [0.5, 0.6) is 5.88 Å². The molecule has 1 aromatic heterocycles. The zero-order valence-electron chi connectivity index (χ0n) is 14.3.